The number of sulfonamides is 1. The summed E-state index contributed by atoms with van der Waals surface area (Å²) in [4.78, 5) is 17.5. The van der Waals surface area contributed by atoms with Gasteiger partial charge < -0.3 is 15.7 Å². The van der Waals surface area contributed by atoms with Crippen LogP contribution in [-0.2, 0) is 29.2 Å². The lowest BCUT2D eigenvalue weighted by Crippen LogP contribution is -2.48. The summed E-state index contributed by atoms with van der Waals surface area (Å²) >= 11 is 0. The van der Waals surface area contributed by atoms with Gasteiger partial charge in [0.05, 0.1) is 29.7 Å². The minimum absolute atomic E-state index is 0. The lowest BCUT2D eigenvalue weighted by atomic mass is 10.00. The highest BCUT2D eigenvalue weighted by Crippen LogP contribution is 2.30. The first-order valence-corrected chi connectivity index (χ1v) is 15.2. The molecule has 0 saturated carbocycles. The molecule has 0 bridgehead atoms. The number of nitrogens with one attached hydrogen (secondary N) is 2. The molecule has 0 saturated heterocycles. The quantitative estimate of drug-likeness (QED) is 0.187. The van der Waals surface area contributed by atoms with Crippen molar-refractivity contribution in [1.82, 2.24) is 15.6 Å². The number of aromatic nitrogens is 1. The summed E-state index contributed by atoms with van der Waals surface area (Å²) in [6, 6.07) is 24.2. The first-order chi connectivity index (χ1) is 20.4. The fourth-order valence-electron chi connectivity index (χ4n) is 4.51. The molecule has 4 aromatic rings. The van der Waals surface area contributed by atoms with Gasteiger partial charge in [-0.2, -0.15) is 13.2 Å². The van der Waals surface area contributed by atoms with E-state index in [-0.39, 0.29) is 53.6 Å². The molecule has 2 atom stereocenters. The van der Waals surface area contributed by atoms with Gasteiger partial charge in [-0.1, -0.05) is 60.7 Å². The van der Waals surface area contributed by atoms with Crippen LogP contribution >= 0.6 is 17.0 Å². The van der Waals surface area contributed by atoms with Crippen LogP contribution in [0.5, 0.6) is 0 Å². The van der Waals surface area contributed by atoms with Gasteiger partial charge in [-0.05, 0) is 53.9 Å². The number of amides is 1. The van der Waals surface area contributed by atoms with E-state index in [1.165, 1.54) is 30.5 Å². The van der Waals surface area contributed by atoms with Gasteiger partial charge in [-0.25, -0.2) is 17.7 Å². The number of hydrogen-bond acceptors (Lipinski definition) is 6. The number of alkyl halides is 3. The zero-order chi connectivity index (χ0) is 31.0. The average Bonchev–Trinajstić information content (AvgIpc) is 2.97. The third kappa shape index (κ3) is 9.61. The maximum absolute atomic E-state index is 13.4. The maximum atomic E-state index is 13.4. The molecule has 234 valence electrons. The normalized spacial score (nSPS) is 12.9. The number of nitrogens with zero attached hydrogens (tertiary/aromatic N) is 2. The topological polar surface area (TPSA) is 112 Å². The summed E-state index contributed by atoms with van der Waals surface area (Å²) in [6.07, 6.45) is -2.82. The molecule has 0 spiro atoms. The second-order valence-corrected chi connectivity index (χ2v) is 11.8. The number of halogens is 4. The number of carbonyl (C=O) groups excluding carboxylic acids is 1. The molecule has 13 heteroatoms. The third-order valence-corrected chi connectivity index (χ3v) is 7.61. The Kier molecular flexibility index (Phi) is 12.1. The summed E-state index contributed by atoms with van der Waals surface area (Å²) in [6.45, 7) is 0.0550. The van der Waals surface area contributed by atoms with Crippen LogP contribution in [0.4, 0.5) is 24.7 Å². The number of anilines is 2. The van der Waals surface area contributed by atoms with Crippen LogP contribution in [0.2, 0.25) is 0 Å². The molecular formula is C31H32BrF3N4O4S. The Labute approximate surface area is 264 Å². The first kappa shape index (κ1) is 34.7. The lowest BCUT2D eigenvalue weighted by molar-refractivity contribution is -0.137. The van der Waals surface area contributed by atoms with Crippen LogP contribution in [0.3, 0.4) is 0 Å². The highest BCUT2D eigenvalue weighted by atomic mass is 79.9. The number of aliphatic hydroxyl groups is 1. The second-order valence-electron chi connectivity index (χ2n) is 9.93. The Bertz CT molecular complexity index is 1630. The monoisotopic (exact) mass is 692 g/mol. The van der Waals surface area contributed by atoms with Gasteiger partial charge in [0, 0.05) is 24.8 Å². The van der Waals surface area contributed by atoms with Crippen LogP contribution < -0.4 is 14.9 Å². The zero-order valence-electron chi connectivity index (χ0n) is 23.6. The minimum Gasteiger partial charge on any atom is -0.390 e. The van der Waals surface area contributed by atoms with Gasteiger partial charge >= 0.3 is 6.18 Å². The van der Waals surface area contributed by atoms with E-state index in [1.807, 2.05) is 30.3 Å². The van der Waals surface area contributed by atoms with Crippen molar-refractivity contribution in [3.63, 3.8) is 0 Å². The van der Waals surface area contributed by atoms with Crippen molar-refractivity contribution >= 4 is 44.4 Å². The number of carbonyl (C=O) groups is 1. The minimum atomic E-state index is -4.46. The SMILES string of the molecule is Br.CS(=O)(=O)N(c1cccc(C(=O)N[C@@H](Cc2ccccc2)[C@H](O)CNCc2cccc(C(F)(F)F)c2)c1)c1ccccn1. The Morgan fingerprint density at radius 3 is 2.27 bits per heavy atom. The van der Waals surface area contributed by atoms with E-state index >= 15 is 0 Å². The standard InChI is InChI=1S/C31H31F3N4O4S.BrH/c1-43(41,42)38(29-15-5-6-16-36-29)26-14-8-12-24(19-26)30(40)37-27(18-22-9-3-2-4-10-22)28(39)21-35-20-23-11-7-13-25(17-23)31(32,33)34;/h2-17,19,27-28,35,39H,18,20-21H2,1H3,(H,37,40);1H/t27-,28+;/m0./s1. The average molecular weight is 694 g/mol. The molecular weight excluding hydrogens is 661 g/mol. The first-order valence-electron chi connectivity index (χ1n) is 13.3. The van der Waals surface area contributed by atoms with Gasteiger partial charge in [0.15, 0.2) is 0 Å². The Morgan fingerprint density at radius 1 is 0.932 bits per heavy atom. The Balaban J connectivity index is 0.00000529. The smallest absolute Gasteiger partial charge is 0.390 e. The summed E-state index contributed by atoms with van der Waals surface area (Å²) in [5.41, 5.74) is 0.838. The van der Waals surface area contributed by atoms with E-state index in [4.69, 9.17) is 0 Å². The van der Waals surface area contributed by atoms with Crippen molar-refractivity contribution < 1.29 is 31.5 Å². The molecule has 1 amide bonds. The molecule has 3 N–H and O–H groups in total. The number of hydrogen-bond donors (Lipinski definition) is 3. The molecule has 3 aromatic carbocycles. The molecule has 0 fully saturated rings. The highest BCUT2D eigenvalue weighted by molar-refractivity contribution is 8.93. The van der Waals surface area contributed by atoms with Crippen LogP contribution in [-0.4, -0.2) is 49.4 Å². The van der Waals surface area contributed by atoms with Crippen molar-refractivity contribution in [2.45, 2.75) is 31.3 Å². The van der Waals surface area contributed by atoms with Crippen molar-refractivity contribution in [3.05, 3.63) is 126 Å². The van der Waals surface area contributed by atoms with Gasteiger partial charge in [0.1, 0.15) is 5.82 Å². The summed E-state index contributed by atoms with van der Waals surface area (Å²) < 4.78 is 65.5. The fourth-order valence-corrected chi connectivity index (χ4v) is 5.45. The molecule has 8 nitrogen and oxygen atoms in total. The van der Waals surface area contributed by atoms with Crippen LogP contribution in [0.25, 0.3) is 0 Å². The fraction of sp³-hybridized carbons (Fsp3) is 0.226. The number of aliphatic hydroxyl groups excluding tert-OH is 1. The summed E-state index contributed by atoms with van der Waals surface area (Å²) in [5, 5.41) is 16.9. The van der Waals surface area contributed by atoms with Crippen LogP contribution in [0.15, 0.2) is 103 Å². The predicted molar refractivity (Wildman–Crippen MR) is 169 cm³/mol. The molecule has 0 aliphatic heterocycles. The van der Waals surface area contributed by atoms with E-state index in [9.17, 15) is 31.5 Å². The number of rotatable bonds is 12. The second kappa shape index (κ2) is 15.3. The lowest BCUT2D eigenvalue weighted by Gasteiger charge is -2.25. The van der Waals surface area contributed by atoms with Crippen LogP contribution in [0.1, 0.15) is 27.0 Å². The molecule has 0 aliphatic carbocycles. The number of pyridine rings is 1. The van der Waals surface area contributed by atoms with Gasteiger partial charge in [0.25, 0.3) is 5.91 Å². The maximum Gasteiger partial charge on any atom is 0.416 e. The summed E-state index contributed by atoms with van der Waals surface area (Å²) in [5.74, 6) is -0.388. The van der Waals surface area contributed by atoms with Gasteiger partial charge in [-0.3, -0.25) is 4.79 Å². The summed E-state index contributed by atoms with van der Waals surface area (Å²) in [7, 11) is -3.81. The molecule has 0 radical (unpaired) electrons. The van der Waals surface area contributed by atoms with E-state index in [2.05, 4.69) is 15.6 Å². The largest absolute Gasteiger partial charge is 0.416 e. The third-order valence-electron chi connectivity index (χ3n) is 6.55. The van der Waals surface area contributed by atoms with Gasteiger partial charge in [-0.15, -0.1) is 17.0 Å². The highest BCUT2D eigenvalue weighted by Gasteiger charge is 2.30. The number of benzene rings is 3. The van der Waals surface area contributed by atoms with E-state index in [0.29, 0.717) is 5.56 Å². The Hall–Kier alpha value is -3.78. The molecule has 1 heterocycles. The van der Waals surface area contributed by atoms with E-state index in [1.54, 1.807) is 30.3 Å². The molecule has 0 aliphatic rings. The van der Waals surface area contributed by atoms with E-state index in [0.717, 1.165) is 28.3 Å². The molecule has 1 aromatic heterocycles. The predicted octanol–water partition coefficient (Wildman–Crippen LogP) is 5.27. The van der Waals surface area contributed by atoms with Crippen molar-refractivity contribution in [3.8, 4) is 0 Å². The molecule has 0 unspecified atom stereocenters. The van der Waals surface area contributed by atoms with Crippen LogP contribution in [0, 0.1) is 0 Å². The van der Waals surface area contributed by atoms with Crippen molar-refractivity contribution in [1.29, 1.82) is 0 Å². The van der Waals surface area contributed by atoms with Gasteiger partial charge in [0.2, 0.25) is 10.0 Å². The van der Waals surface area contributed by atoms with Crippen molar-refractivity contribution in [2.75, 3.05) is 17.1 Å². The molecule has 44 heavy (non-hydrogen) atoms. The zero-order valence-corrected chi connectivity index (χ0v) is 26.1. The van der Waals surface area contributed by atoms with Crippen molar-refractivity contribution in [2.24, 2.45) is 0 Å². The van der Waals surface area contributed by atoms with E-state index < -0.39 is 39.8 Å². The Morgan fingerprint density at radius 2 is 1.61 bits per heavy atom. The molecule has 4 rings (SSSR count).